The highest BCUT2D eigenvalue weighted by Gasteiger charge is 2.15. The summed E-state index contributed by atoms with van der Waals surface area (Å²) in [4.78, 5) is 22.6. The molecule has 12 heteroatoms. The van der Waals surface area contributed by atoms with Crippen molar-refractivity contribution in [3.63, 3.8) is 0 Å². The maximum atomic E-state index is 6.22. The molecule has 3 N–H and O–H groups in total. The molecule has 1 atom stereocenters. The number of pyridine rings is 2. The topological polar surface area (TPSA) is 152 Å². The first-order valence-corrected chi connectivity index (χ1v) is 17.8. The van der Waals surface area contributed by atoms with Gasteiger partial charge in [-0.3, -0.25) is 20.2 Å². The van der Waals surface area contributed by atoms with Crippen LogP contribution < -0.4 is 14.8 Å². The van der Waals surface area contributed by atoms with E-state index in [0.29, 0.717) is 47.4 Å². The number of nitrogens with one attached hydrogen (secondary N) is 3. The van der Waals surface area contributed by atoms with E-state index >= 15 is 0 Å². The van der Waals surface area contributed by atoms with Crippen LogP contribution >= 0.6 is 0 Å². The Labute approximate surface area is 312 Å². The van der Waals surface area contributed by atoms with Crippen molar-refractivity contribution in [1.82, 2.24) is 40.3 Å². The van der Waals surface area contributed by atoms with E-state index < -0.39 is 0 Å². The Bertz CT molecular complexity index is 2430. The van der Waals surface area contributed by atoms with Gasteiger partial charge in [-0.05, 0) is 129 Å². The molecule has 0 spiro atoms. The van der Waals surface area contributed by atoms with Crippen LogP contribution in [0.2, 0.25) is 0 Å². The quantitative estimate of drug-likeness (QED) is 0.119. The average molecular weight is 715 g/mol. The minimum Gasteiger partial charge on any atom is -0.457 e. The molecule has 54 heavy (non-hydrogen) atoms. The molecular weight excluding hydrogens is 677 g/mol. The number of aromatic nitrogens is 8. The maximum absolute atomic E-state index is 6.22. The molecule has 1 unspecified atom stereocenters. The minimum atomic E-state index is 0.442. The lowest BCUT2D eigenvalue weighted by Crippen LogP contribution is -2.10. The summed E-state index contributed by atoms with van der Waals surface area (Å²) in [6.07, 6.45) is 9.96. The number of benzene rings is 3. The third kappa shape index (κ3) is 8.39. The van der Waals surface area contributed by atoms with Crippen LogP contribution in [0.4, 0.5) is 17.6 Å². The maximum Gasteiger partial charge on any atom is 0.268 e. The molecular formula is C42H38N10O2. The normalized spacial score (nSPS) is 14.8. The van der Waals surface area contributed by atoms with Gasteiger partial charge in [-0.25, -0.2) is 4.99 Å². The number of anilines is 2. The van der Waals surface area contributed by atoms with E-state index in [1.807, 2.05) is 78.9 Å². The van der Waals surface area contributed by atoms with Gasteiger partial charge in [0.25, 0.3) is 5.95 Å². The largest absolute Gasteiger partial charge is 0.457 e. The lowest BCUT2D eigenvalue weighted by molar-refractivity contribution is 0.481. The highest BCUT2D eigenvalue weighted by molar-refractivity contribution is 5.97. The zero-order chi connectivity index (χ0) is 36.9. The van der Waals surface area contributed by atoms with Crippen LogP contribution in [0.1, 0.15) is 43.5 Å². The number of H-pyrrole nitrogens is 2. The molecule has 0 fully saturated rings. The van der Waals surface area contributed by atoms with Gasteiger partial charge in [-0.1, -0.05) is 18.6 Å². The van der Waals surface area contributed by atoms with Crippen molar-refractivity contribution in [1.29, 1.82) is 0 Å². The molecule has 3 aromatic carbocycles. The number of hydrogen-bond donors (Lipinski definition) is 3. The number of ether oxygens (including phenoxy) is 2. The lowest BCUT2D eigenvalue weighted by Gasteiger charge is -2.17. The lowest BCUT2D eigenvalue weighted by atomic mass is 9.90. The Kier molecular flexibility index (Phi) is 9.70. The Morgan fingerprint density at radius 3 is 2.13 bits per heavy atom. The van der Waals surface area contributed by atoms with Crippen molar-refractivity contribution in [3.05, 3.63) is 138 Å². The number of aromatic amines is 2. The Hall–Kier alpha value is -6.95. The van der Waals surface area contributed by atoms with E-state index in [0.717, 1.165) is 63.7 Å². The van der Waals surface area contributed by atoms with Crippen molar-refractivity contribution in [2.24, 2.45) is 10.9 Å². The summed E-state index contributed by atoms with van der Waals surface area (Å²) < 4.78 is 12.1. The fourth-order valence-electron chi connectivity index (χ4n) is 6.39. The molecule has 12 nitrogen and oxygen atoms in total. The summed E-state index contributed by atoms with van der Waals surface area (Å²) in [6, 6.07) is 29.0. The molecule has 7 aromatic rings. The van der Waals surface area contributed by atoms with Gasteiger partial charge in [0.1, 0.15) is 23.0 Å². The third-order valence-corrected chi connectivity index (χ3v) is 8.99. The molecule has 4 aromatic heterocycles. The molecule has 0 bridgehead atoms. The number of aryl methyl sites for hydroxylation is 1. The number of nitrogens with zero attached hydrogens (tertiary/aromatic N) is 7. The molecule has 0 saturated heterocycles. The zero-order valence-electron chi connectivity index (χ0n) is 30.1. The van der Waals surface area contributed by atoms with Gasteiger partial charge in [0.05, 0.1) is 0 Å². The molecule has 0 radical (unpaired) electrons. The zero-order valence-corrected chi connectivity index (χ0v) is 30.1. The monoisotopic (exact) mass is 714 g/mol. The van der Waals surface area contributed by atoms with Gasteiger partial charge in [0.2, 0.25) is 5.95 Å². The van der Waals surface area contributed by atoms with Crippen LogP contribution in [0, 0.1) is 12.8 Å². The van der Waals surface area contributed by atoms with Gasteiger partial charge in [0, 0.05) is 59.3 Å². The Morgan fingerprint density at radius 1 is 0.722 bits per heavy atom. The molecule has 0 saturated carbocycles. The molecule has 1 aliphatic rings. The van der Waals surface area contributed by atoms with E-state index in [4.69, 9.17) is 9.47 Å². The summed E-state index contributed by atoms with van der Waals surface area (Å²) in [5.74, 6) is 5.64. The summed E-state index contributed by atoms with van der Waals surface area (Å²) >= 11 is 0. The van der Waals surface area contributed by atoms with Crippen molar-refractivity contribution >= 4 is 23.3 Å². The van der Waals surface area contributed by atoms with Gasteiger partial charge < -0.3 is 14.8 Å². The fraction of sp³-hybridized carbons (Fsp3) is 0.167. The van der Waals surface area contributed by atoms with Crippen LogP contribution in [0.25, 0.3) is 22.8 Å². The third-order valence-electron chi connectivity index (χ3n) is 8.99. The number of hydrogen-bond acceptors (Lipinski definition) is 10. The predicted octanol–water partition coefficient (Wildman–Crippen LogP) is 9.72. The van der Waals surface area contributed by atoms with Crippen LogP contribution in [-0.4, -0.2) is 46.0 Å². The fourth-order valence-corrected chi connectivity index (χ4v) is 6.39. The smallest absolute Gasteiger partial charge is 0.268 e. The van der Waals surface area contributed by atoms with Crippen LogP contribution in [0.3, 0.4) is 0 Å². The molecule has 268 valence electrons. The van der Waals surface area contributed by atoms with E-state index in [2.05, 4.69) is 89.6 Å². The summed E-state index contributed by atoms with van der Waals surface area (Å²) in [7, 11) is 0. The first kappa shape index (κ1) is 34.2. The SMILES string of the molecule is CC1=CC(=Nc2n[nH]c(-c3ccc(Oc4ccnc(Cc5cc(Nc6n[nH]c(-c7ccc(Oc8ccncc8)cc7)n6)ccc5C)c4)cc3)n2)CC(C)C1. The van der Waals surface area contributed by atoms with E-state index in [-0.39, 0.29) is 0 Å². The van der Waals surface area contributed by atoms with Gasteiger partial charge in [0.15, 0.2) is 11.6 Å². The number of rotatable bonds is 11. The summed E-state index contributed by atoms with van der Waals surface area (Å²) in [6.45, 7) is 6.47. The van der Waals surface area contributed by atoms with Crippen molar-refractivity contribution in [2.45, 2.75) is 40.0 Å². The minimum absolute atomic E-state index is 0.442. The second kappa shape index (κ2) is 15.3. The average Bonchev–Trinajstić information content (AvgIpc) is 3.84. The molecule has 0 amide bonds. The van der Waals surface area contributed by atoms with Crippen LogP contribution in [0.5, 0.6) is 23.0 Å². The first-order chi connectivity index (χ1) is 26.4. The van der Waals surface area contributed by atoms with Crippen LogP contribution in [0.15, 0.2) is 126 Å². The summed E-state index contributed by atoms with van der Waals surface area (Å²) in [5.41, 5.74) is 8.16. The second-order valence-corrected chi connectivity index (χ2v) is 13.5. The standard InChI is InChI=1S/C42H38N10O2/c1-26-20-27(2)22-34(21-26)46-42-48-40(50-52-42)30-7-12-36(13-8-30)54-38-16-19-44-33(25-38)24-31-23-32(9-4-28(31)3)45-41-47-39(49-51-41)29-5-10-35(11-6-29)53-37-14-17-43-18-15-37/h4-19,21,23,25,27H,20,22,24H2,1-3H3,(H,48,50,52)(H2,45,47,49,51). The Balaban J connectivity index is 0.888. The molecule has 1 aliphatic carbocycles. The predicted molar refractivity (Wildman–Crippen MR) is 209 cm³/mol. The Morgan fingerprint density at radius 2 is 1.39 bits per heavy atom. The molecule has 8 rings (SSSR count). The summed E-state index contributed by atoms with van der Waals surface area (Å²) in [5, 5.41) is 18.1. The van der Waals surface area contributed by atoms with Crippen LogP contribution in [-0.2, 0) is 6.42 Å². The molecule has 4 heterocycles. The van der Waals surface area contributed by atoms with Gasteiger partial charge in [-0.15, -0.1) is 10.2 Å². The van der Waals surface area contributed by atoms with Gasteiger partial charge in [-0.2, -0.15) is 9.97 Å². The number of aliphatic imine (C=N–C) groups is 1. The highest BCUT2D eigenvalue weighted by atomic mass is 16.5. The van der Waals surface area contributed by atoms with E-state index in [9.17, 15) is 0 Å². The first-order valence-electron chi connectivity index (χ1n) is 17.8. The van der Waals surface area contributed by atoms with Gasteiger partial charge >= 0.3 is 0 Å². The molecule has 0 aliphatic heterocycles. The van der Waals surface area contributed by atoms with Crippen molar-refractivity contribution in [2.75, 3.05) is 5.32 Å². The van der Waals surface area contributed by atoms with Crippen molar-refractivity contribution in [3.8, 4) is 45.8 Å². The van der Waals surface area contributed by atoms with E-state index in [1.54, 1.807) is 18.6 Å². The van der Waals surface area contributed by atoms with E-state index in [1.165, 1.54) is 5.57 Å². The highest BCUT2D eigenvalue weighted by Crippen LogP contribution is 2.29. The second-order valence-electron chi connectivity index (χ2n) is 13.5. The van der Waals surface area contributed by atoms with Crippen molar-refractivity contribution < 1.29 is 9.47 Å². The number of allylic oxidation sites excluding steroid dienone is 2.